The molecule has 1 aliphatic carbocycles. The van der Waals surface area contributed by atoms with Crippen molar-refractivity contribution in [1.29, 1.82) is 0 Å². The van der Waals surface area contributed by atoms with E-state index >= 15 is 0 Å². The van der Waals surface area contributed by atoms with Gasteiger partial charge in [0.15, 0.2) is 0 Å². The number of hydrogen-bond donors (Lipinski definition) is 2. The van der Waals surface area contributed by atoms with E-state index in [-0.39, 0.29) is 17.8 Å². The Hall–Kier alpha value is -1.56. The number of carbonyl (C=O) groups excluding carboxylic acids is 1. The van der Waals surface area contributed by atoms with Gasteiger partial charge >= 0.3 is 5.97 Å². The Morgan fingerprint density at radius 2 is 2.09 bits per heavy atom. The third-order valence-electron chi connectivity index (χ3n) is 4.70. The molecule has 3 rings (SSSR count). The molecule has 0 spiro atoms. The second kappa shape index (κ2) is 5.26. The summed E-state index contributed by atoms with van der Waals surface area (Å²) in [5, 5.41) is 12.1. The average molecular weight is 323 g/mol. The second-order valence-electron chi connectivity index (χ2n) is 6.50. The maximum Gasteiger partial charge on any atom is 0.307 e. The monoisotopic (exact) mass is 323 g/mol. The molecule has 1 saturated carbocycles. The first-order valence-corrected chi connectivity index (χ1v) is 8.26. The number of aliphatic carboxylic acids is 1. The van der Waals surface area contributed by atoms with Gasteiger partial charge in [-0.1, -0.05) is 13.8 Å². The summed E-state index contributed by atoms with van der Waals surface area (Å²) in [5.41, 5.74) is 0.263. The van der Waals surface area contributed by atoms with Crippen LogP contribution < -0.4 is 5.32 Å². The SMILES string of the molecule is CC1(C)[C@H](C(=O)O)[C@@H]1C(=O)NC1CCSc2ccc(F)cc21. The van der Waals surface area contributed by atoms with E-state index in [1.807, 2.05) is 0 Å². The molecule has 1 heterocycles. The summed E-state index contributed by atoms with van der Waals surface area (Å²) in [6.07, 6.45) is 0.720. The first-order valence-electron chi connectivity index (χ1n) is 7.28. The van der Waals surface area contributed by atoms with Gasteiger partial charge in [0.25, 0.3) is 0 Å². The fourth-order valence-corrected chi connectivity index (χ4v) is 4.47. The van der Waals surface area contributed by atoms with Gasteiger partial charge in [0, 0.05) is 10.6 Å². The number of rotatable bonds is 3. The molecule has 4 nitrogen and oxygen atoms in total. The third kappa shape index (κ3) is 2.49. The van der Waals surface area contributed by atoms with E-state index in [1.54, 1.807) is 31.7 Å². The van der Waals surface area contributed by atoms with E-state index in [0.29, 0.717) is 0 Å². The number of carboxylic acid groups (broad SMARTS) is 1. The number of hydrogen-bond acceptors (Lipinski definition) is 3. The Bertz CT molecular complexity index is 646. The van der Waals surface area contributed by atoms with E-state index in [1.165, 1.54) is 12.1 Å². The quantitative estimate of drug-likeness (QED) is 0.898. The molecule has 2 N–H and O–H groups in total. The average Bonchev–Trinajstić information content (AvgIpc) is 3.03. The molecule has 1 amide bonds. The molecule has 22 heavy (non-hydrogen) atoms. The Morgan fingerprint density at radius 3 is 2.73 bits per heavy atom. The first-order chi connectivity index (χ1) is 10.3. The summed E-state index contributed by atoms with van der Waals surface area (Å²) in [5.74, 6) is -1.81. The maximum atomic E-state index is 13.5. The van der Waals surface area contributed by atoms with Gasteiger partial charge in [0.2, 0.25) is 5.91 Å². The van der Waals surface area contributed by atoms with Crippen LogP contribution in [0.25, 0.3) is 0 Å². The highest BCUT2D eigenvalue weighted by Gasteiger charge is 2.66. The first kappa shape index (κ1) is 15.3. The van der Waals surface area contributed by atoms with Gasteiger partial charge in [-0.15, -0.1) is 11.8 Å². The number of thioether (sulfide) groups is 1. The lowest BCUT2D eigenvalue weighted by Crippen LogP contribution is -2.33. The molecule has 1 aromatic rings. The van der Waals surface area contributed by atoms with Crippen molar-refractivity contribution in [2.45, 2.75) is 31.2 Å². The summed E-state index contributed by atoms with van der Waals surface area (Å²) in [4.78, 5) is 24.6. The van der Waals surface area contributed by atoms with Crippen LogP contribution in [-0.2, 0) is 9.59 Å². The van der Waals surface area contributed by atoms with Gasteiger partial charge in [0.05, 0.1) is 17.9 Å². The zero-order chi connectivity index (χ0) is 16.1. The van der Waals surface area contributed by atoms with Crippen molar-refractivity contribution in [2.75, 3.05) is 5.75 Å². The Morgan fingerprint density at radius 1 is 1.36 bits per heavy atom. The molecule has 1 aromatic carbocycles. The molecule has 1 fully saturated rings. The zero-order valence-electron chi connectivity index (χ0n) is 12.4. The molecule has 0 bridgehead atoms. The minimum atomic E-state index is -0.934. The number of amides is 1. The zero-order valence-corrected chi connectivity index (χ0v) is 13.2. The van der Waals surface area contributed by atoms with E-state index in [0.717, 1.165) is 22.6 Å². The molecule has 0 aromatic heterocycles. The normalized spacial score (nSPS) is 28.6. The highest BCUT2D eigenvalue weighted by atomic mass is 32.2. The van der Waals surface area contributed by atoms with Crippen LogP contribution in [0.3, 0.4) is 0 Å². The number of carbonyl (C=O) groups is 2. The number of nitrogens with one attached hydrogen (secondary N) is 1. The van der Waals surface area contributed by atoms with Crippen LogP contribution >= 0.6 is 11.8 Å². The molecule has 3 atom stereocenters. The van der Waals surface area contributed by atoms with Crippen LogP contribution in [0.1, 0.15) is 31.9 Å². The predicted octanol–water partition coefficient (Wildman–Crippen LogP) is 2.84. The van der Waals surface area contributed by atoms with Gasteiger partial charge in [-0.25, -0.2) is 4.39 Å². The molecule has 6 heteroatoms. The van der Waals surface area contributed by atoms with Gasteiger partial charge in [-0.3, -0.25) is 9.59 Å². The van der Waals surface area contributed by atoms with Crippen LogP contribution in [0, 0.1) is 23.1 Å². The molecule has 0 radical (unpaired) electrons. The minimum absolute atomic E-state index is 0.245. The highest BCUT2D eigenvalue weighted by molar-refractivity contribution is 7.99. The smallest absolute Gasteiger partial charge is 0.307 e. The lowest BCUT2D eigenvalue weighted by Gasteiger charge is -2.26. The van der Waals surface area contributed by atoms with E-state index in [4.69, 9.17) is 0 Å². The van der Waals surface area contributed by atoms with Crippen LogP contribution in [-0.4, -0.2) is 22.7 Å². The van der Waals surface area contributed by atoms with Crippen LogP contribution in [0.2, 0.25) is 0 Å². The van der Waals surface area contributed by atoms with Crippen molar-refractivity contribution in [1.82, 2.24) is 5.32 Å². The lowest BCUT2D eigenvalue weighted by atomic mass is 10.0. The van der Waals surface area contributed by atoms with Crippen molar-refractivity contribution in [3.63, 3.8) is 0 Å². The van der Waals surface area contributed by atoms with Gasteiger partial charge in [-0.05, 0) is 35.6 Å². The van der Waals surface area contributed by atoms with E-state index in [9.17, 15) is 19.1 Å². The Balaban J connectivity index is 1.77. The molecule has 1 aliphatic heterocycles. The highest BCUT2D eigenvalue weighted by Crippen LogP contribution is 2.58. The summed E-state index contributed by atoms with van der Waals surface area (Å²) in [6, 6.07) is 4.36. The summed E-state index contributed by atoms with van der Waals surface area (Å²) >= 11 is 1.65. The van der Waals surface area contributed by atoms with Crippen molar-refractivity contribution < 1.29 is 19.1 Å². The summed E-state index contributed by atoms with van der Waals surface area (Å²) < 4.78 is 13.5. The van der Waals surface area contributed by atoms with Crippen molar-refractivity contribution in [2.24, 2.45) is 17.3 Å². The maximum absolute atomic E-state index is 13.5. The molecule has 2 aliphatic rings. The topological polar surface area (TPSA) is 66.4 Å². The number of carboxylic acids is 1. The van der Waals surface area contributed by atoms with Crippen LogP contribution in [0.4, 0.5) is 4.39 Å². The van der Waals surface area contributed by atoms with Crippen molar-refractivity contribution in [3.8, 4) is 0 Å². The van der Waals surface area contributed by atoms with Crippen molar-refractivity contribution in [3.05, 3.63) is 29.6 Å². The van der Waals surface area contributed by atoms with Crippen molar-refractivity contribution >= 4 is 23.6 Å². The van der Waals surface area contributed by atoms with Crippen LogP contribution in [0.5, 0.6) is 0 Å². The molecular formula is C16H18FNO3S. The molecule has 0 saturated heterocycles. The molecular weight excluding hydrogens is 305 g/mol. The van der Waals surface area contributed by atoms with E-state index < -0.39 is 23.2 Å². The molecule has 1 unspecified atom stereocenters. The standard InChI is InChI=1S/C16H18FNO3S/c1-16(2)12(13(16)15(20)21)14(19)18-10-5-6-22-11-4-3-8(17)7-9(10)11/h3-4,7,10,12-13H,5-6H2,1-2H3,(H,18,19)(H,20,21)/t10?,12-,13+/m1/s1. The largest absolute Gasteiger partial charge is 0.481 e. The summed E-state index contributed by atoms with van der Waals surface area (Å²) in [7, 11) is 0. The minimum Gasteiger partial charge on any atom is -0.481 e. The fourth-order valence-electron chi connectivity index (χ4n) is 3.36. The van der Waals surface area contributed by atoms with Gasteiger partial charge in [0.1, 0.15) is 5.82 Å². The Kier molecular flexibility index (Phi) is 3.67. The lowest BCUT2D eigenvalue weighted by molar-refractivity contribution is -0.140. The van der Waals surface area contributed by atoms with Gasteiger partial charge < -0.3 is 10.4 Å². The number of fused-ring (bicyclic) bond motifs is 1. The third-order valence-corrected chi connectivity index (χ3v) is 5.83. The number of halogens is 1. The predicted molar refractivity (Wildman–Crippen MR) is 81.0 cm³/mol. The molecule has 118 valence electrons. The van der Waals surface area contributed by atoms with Gasteiger partial charge in [-0.2, -0.15) is 0 Å². The summed E-state index contributed by atoms with van der Waals surface area (Å²) in [6.45, 7) is 3.58. The fraction of sp³-hybridized carbons (Fsp3) is 0.500. The second-order valence-corrected chi connectivity index (χ2v) is 7.63. The van der Waals surface area contributed by atoms with Crippen LogP contribution in [0.15, 0.2) is 23.1 Å². The van der Waals surface area contributed by atoms with E-state index in [2.05, 4.69) is 5.32 Å². The number of benzene rings is 1. The Labute approximate surface area is 132 Å².